The Morgan fingerprint density at radius 3 is 2.28 bits per heavy atom. The van der Waals surface area contributed by atoms with Crippen LogP contribution in [0, 0.1) is 0 Å². The van der Waals surface area contributed by atoms with Gasteiger partial charge in [-0.1, -0.05) is 36.4 Å². The van der Waals surface area contributed by atoms with Gasteiger partial charge in [-0.3, -0.25) is 4.57 Å². The highest BCUT2D eigenvalue weighted by molar-refractivity contribution is 5.78. The van der Waals surface area contributed by atoms with Gasteiger partial charge in [-0.05, 0) is 47.5 Å². The molecule has 0 radical (unpaired) electrons. The molecule has 0 unspecified atom stereocenters. The summed E-state index contributed by atoms with van der Waals surface area (Å²) >= 11 is 0. The molecule has 0 aliphatic carbocycles. The predicted octanol–water partition coefficient (Wildman–Crippen LogP) is 5.71. The maximum Gasteiger partial charge on any atom is 0.416 e. The number of imidazole rings is 1. The number of benzene rings is 3. The average Bonchev–Trinajstić information content (AvgIpc) is 3.05. The predicted molar refractivity (Wildman–Crippen MR) is 91.5 cm³/mol. The van der Waals surface area contributed by atoms with Crippen molar-refractivity contribution in [1.29, 1.82) is 0 Å². The molecule has 0 N–H and O–H groups in total. The second-order valence-electron chi connectivity index (χ2n) is 5.73. The minimum Gasteiger partial charge on any atom is -0.299 e. The Bertz CT molecular complexity index is 1050. The number of hydrogen-bond donors (Lipinski definition) is 0. The number of halogens is 3. The van der Waals surface area contributed by atoms with Crippen LogP contribution in [0.1, 0.15) is 5.56 Å². The van der Waals surface area contributed by atoms with Crippen LogP contribution in [0.2, 0.25) is 0 Å². The Kier molecular flexibility index (Phi) is 3.57. The van der Waals surface area contributed by atoms with E-state index in [0.717, 1.165) is 28.4 Å². The molecule has 124 valence electrons. The van der Waals surface area contributed by atoms with Crippen LogP contribution in [0.15, 0.2) is 79.1 Å². The van der Waals surface area contributed by atoms with Crippen molar-refractivity contribution in [3.05, 3.63) is 84.7 Å². The molecule has 0 saturated heterocycles. The summed E-state index contributed by atoms with van der Waals surface area (Å²) in [6, 6.07) is 20.5. The lowest BCUT2D eigenvalue weighted by Crippen LogP contribution is -2.04. The van der Waals surface area contributed by atoms with Crippen molar-refractivity contribution in [3.8, 4) is 16.8 Å². The molecule has 0 fully saturated rings. The number of para-hydroxylation sites is 2. The van der Waals surface area contributed by atoms with E-state index in [1.54, 1.807) is 18.5 Å². The molecule has 0 spiro atoms. The van der Waals surface area contributed by atoms with E-state index in [1.807, 2.05) is 47.0 Å². The molecule has 2 nitrogen and oxygen atoms in total. The molecule has 0 saturated carbocycles. The van der Waals surface area contributed by atoms with E-state index < -0.39 is 11.7 Å². The maximum absolute atomic E-state index is 12.9. The summed E-state index contributed by atoms with van der Waals surface area (Å²) in [6.45, 7) is 0. The fourth-order valence-electron chi connectivity index (χ4n) is 2.88. The van der Waals surface area contributed by atoms with Gasteiger partial charge in [0.15, 0.2) is 0 Å². The molecule has 3 aromatic carbocycles. The van der Waals surface area contributed by atoms with Crippen molar-refractivity contribution in [2.75, 3.05) is 0 Å². The van der Waals surface area contributed by atoms with Gasteiger partial charge in [0.25, 0.3) is 0 Å². The van der Waals surface area contributed by atoms with Crippen LogP contribution in [-0.2, 0) is 6.18 Å². The third-order valence-electron chi connectivity index (χ3n) is 4.10. The summed E-state index contributed by atoms with van der Waals surface area (Å²) in [5.74, 6) is 0. The van der Waals surface area contributed by atoms with E-state index in [9.17, 15) is 13.2 Å². The molecule has 0 aliphatic heterocycles. The summed E-state index contributed by atoms with van der Waals surface area (Å²) < 4.78 is 40.8. The molecule has 4 rings (SSSR count). The molecule has 25 heavy (non-hydrogen) atoms. The number of nitrogens with zero attached hydrogens (tertiary/aromatic N) is 2. The van der Waals surface area contributed by atoms with E-state index in [1.165, 1.54) is 12.1 Å². The monoisotopic (exact) mass is 338 g/mol. The summed E-state index contributed by atoms with van der Waals surface area (Å²) in [5.41, 5.74) is 3.27. The molecule has 5 heteroatoms. The standard InChI is InChI=1S/C20H13F3N2/c21-20(22,23)16-7-3-5-14(11-16)15-6-4-8-17(12-15)25-13-24-18-9-1-2-10-19(18)25/h1-13H. The van der Waals surface area contributed by atoms with Crippen LogP contribution >= 0.6 is 0 Å². The molecular formula is C20H13F3N2. The molecule has 0 aliphatic rings. The zero-order chi connectivity index (χ0) is 17.4. The maximum atomic E-state index is 12.9. The zero-order valence-electron chi connectivity index (χ0n) is 13.0. The molecule has 0 amide bonds. The lowest BCUT2D eigenvalue weighted by Gasteiger charge is -2.10. The fourth-order valence-corrected chi connectivity index (χ4v) is 2.88. The second-order valence-corrected chi connectivity index (χ2v) is 5.73. The first-order valence-electron chi connectivity index (χ1n) is 7.72. The summed E-state index contributed by atoms with van der Waals surface area (Å²) in [6.07, 6.45) is -2.63. The third-order valence-corrected chi connectivity index (χ3v) is 4.10. The van der Waals surface area contributed by atoms with Gasteiger partial charge in [0, 0.05) is 5.69 Å². The average molecular weight is 338 g/mol. The first-order valence-corrected chi connectivity index (χ1v) is 7.72. The van der Waals surface area contributed by atoms with Gasteiger partial charge in [0.2, 0.25) is 0 Å². The van der Waals surface area contributed by atoms with E-state index >= 15 is 0 Å². The van der Waals surface area contributed by atoms with Gasteiger partial charge in [0.1, 0.15) is 6.33 Å². The van der Waals surface area contributed by atoms with Crippen LogP contribution < -0.4 is 0 Å². The van der Waals surface area contributed by atoms with Crippen molar-refractivity contribution in [3.63, 3.8) is 0 Å². The summed E-state index contributed by atoms with van der Waals surface area (Å²) in [7, 11) is 0. The van der Waals surface area contributed by atoms with Gasteiger partial charge in [-0.25, -0.2) is 4.98 Å². The zero-order valence-corrected chi connectivity index (χ0v) is 13.0. The normalized spacial score (nSPS) is 11.8. The third kappa shape index (κ3) is 2.89. The van der Waals surface area contributed by atoms with Crippen LogP contribution in [0.5, 0.6) is 0 Å². The first kappa shape index (κ1) is 15.4. The Balaban J connectivity index is 1.80. The molecule has 4 aromatic rings. The largest absolute Gasteiger partial charge is 0.416 e. The Labute approximate surface area is 142 Å². The molecule has 1 heterocycles. The molecular weight excluding hydrogens is 325 g/mol. The topological polar surface area (TPSA) is 17.8 Å². The number of aromatic nitrogens is 2. The van der Waals surface area contributed by atoms with Crippen LogP contribution in [0.3, 0.4) is 0 Å². The van der Waals surface area contributed by atoms with Crippen molar-refractivity contribution in [2.45, 2.75) is 6.18 Å². The highest BCUT2D eigenvalue weighted by Gasteiger charge is 2.30. The van der Waals surface area contributed by atoms with Crippen LogP contribution in [0.25, 0.3) is 27.8 Å². The van der Waals surface area contributed by atoms with Gasteiger partial charge >= 0.3 is 6.18 Å². The van der Waals surface area contributed by atoms with Crippen LogP contribution in [-0.4, -0.2) is 9.55 Å². The van der Waals surface area contributed by atoms with E-state index in [4.69, 9.17) is 0 Å². The lowest BCUT2D eigenvalue weighted by molar-refractivity contribution is -0.137. The van der Waals surface area contributed by atoms with Crippen molar-refractivity contribution < 1.29 is 13.2 Å². The summed E-state index contributed by atoms with van der Waals surface area (Å²) in [5, 5.41) is 0. The number of hydrogen-bond acceptors (Lipinski definition) is 1. The Hall–Kier alpha value is -3.08. The lowest BCUT2D eigenvalue weighted by atomic mass is 10.0. The SMILES string of the molecule is FC(F)(F)c1cccc(-c2cccc(-n3cnc4ccccc43)c2)c1. The molecule has 0 atom stereocenters. The van der Waals surface area contributed by atoms with Crippen molar-refractivity contribution in [1.82, 2.24) is 9.55 Å². The quantitative estimate of drug-likeness (QED) is 0.458. The van der Waals surface area contributed by atoms with Gasteiger partial charge in [0.05, 0.1) is 16.6 Å². The van der Waals surface area contributed by atoms with Crippen molar-refractivity contribution in [2.24, 2.45) is 0 Å². The van der Waals surface area contributed by atoms with Crippen molar-refractivity contribution >= 4 is 11.0 Å². The van der Waals surface area contributed by atoms with Gasteiger partial charge in [-0.2, -0.15) is 13.2 Å². The Morgan fingerprint density at radius 1 is 0.760 bits per heavy atom. The molecule has 0 bridgehead atoms. The number of rotatable bonds is 2. The van der Waals surface area contributed by atoms with Gasteiger partial charge in [-0.15, -0.1) is 0 Å². The number of alkyl halides is 3. The molecule has 1 aromatic heterocycles. The smallest absolute Gasteiger partial charge is 0.299 e. The first-order chi connectivity index (χ1) is 12.0. The Morgan fingerprint density at radius 2 is 1.48 bits per heavy atom. The number of fused-ring (bicyclic) bond motifs is 1. The van der Waals surface area contributed by atoms with E-state index in [-0.39, 0.29) is 0 Å². The highest BCUT2D eigenvalue weighted by Crippen LogP contribution is 2.32. The highest BCUT2D eigenvalue weighted by atomic mass is 19.4. The summed E-state index contributed by atoms with van der Waals surface area (Å²) in [4.78, 5) is 4.36. The van der Waals surface area contributed by atoms with Crippen LogP contribution in [0.4, 0.5) is 13.2 Å². The fraction of sp³-hybridized carbons (Fsp3) is 0.0500. The minimum atomic E-state index is -4.35. The van der Waals surface area contributed by atoms with E-state index in [2.05, 4.69) is 4.98 Å². The van der Waals surface area contributed by atoms with Gasteiger partial charge < -0.3 is 0 Å². The minimum absolute atomic E-state index is 0.529. The second kappa shape index (κ2) is 5.77. The van der Waals surface area contributed by atoms with E-state index in [0.29, 0.717) is 5.56 Å².